The van der Waals surface area contributed by atoms with Crippen LogP contribution in [0.5, 0.6) is 0 Å². The summed E-state index contributed by atoms with van der Waals surface area (Å²) in [6.07, 6.45) is 6.36. The van der Waals surface area contributed by atoms with Gasteiger partial charge in [0, 0.05) is 25.3 Å². The number of ketones is 1. The fraction of sp³-hybridized carbons (Fsp3) is 0.893. The predicted molar refractivity (Wildman–Crippen MR) is 138 cm³/mol. The number of carbonyl (C=O) groups is 3. The molecular formula is C28H45BN2O5. The van der Waals surface area contributed by atoms with Crippen LogP contribution in [-0.4, -0.2) is 47.5 Å². The molecule has 0 unspecified atom stereocenters. The molecule has 7 nitrogen and oxygen atoms in total. The highest BCUT2D eigenvalue weighted by Crippen LogP contribution is 2.65. The molecule has 0 aromatic carbocycles. The van der Waals surface area contributed by atoms with E-state index in [-0.39, 0.29) is 54.2 Å². The van der Waals surface area contributed by atoms with Crippen molar-refractivity contribution in [1.82, 2.24) is 10.6 Å². The second-order valence-electron chi connectivity index (χ2n) is 14.5. The maximum absolute atomic E-state index is 13.7. The molecule has 6 rings (SSSR count). The van der Waals surface area contributed by atoms with Gasteiger partial charge in [-0.15, -0.1) is 0 Å². The predicted octanol–water partition coefficient (Wildman–Crippen LogP) is 3.90. The van der Waals surface area contributed by atoms with Crippen LogP contribution in [0.15, 0.2) is 0 Å². The molecule has 0 aromatic rings. The Bertz CT molecular complexity index is 947. The van der Waals surface area contributed by atoms with E-state index in [9.17, 15) is 14.4 Å². The van der Waals surface area contributed by atoms with Crippen molar-refractivity contribution in [1.29, 1.82) is 0 Å². The Morgan fingerprint density at radius 2 is 1.86 bits per heavy atom. The maximum atomic E-state index is 13.7. The Morgan fingerprint density at radius 3 is 2.50 bits per heavy atom. The van der Waals surface area contributed by atoms with E-state index in [0.29, 0.717) is 36.5 Å². The molecule has 2 bridgehead atoms. The van der Waals surface area contributed by atoms with E-state index in [4.69, 9.17) is 9.31 Å². The minimum absolute atomic E-state index is 0.0776. The number of nitrogens with one attached hydrogen (secondary N) is 2. The number of rotatable bonds is 6. The van der Waals surface area contributed by atoms with Crippen LogP contribution in [0.25, 0.3) is 0 Å². The molecular weight excluding hydrogens is 455 g/mol. The SMILES string of the molecule is CC(=O)N[C@@]1(C(=O)NC(C)(C)C)C[C@H]2CC(=O)C[C@H]2[C@@H]1CCCB1O[C@H]2[C@H]3C[C@@H](C[C@@]2(C)O1)C3(C)C. The topological polar surface area (TPSA) is 93.7 Å². The lowest BCUT2D eigenvalue weighted by Crippen LogP contribution is -2.64. The minimum atomic E-state index is -0.974. The zero-order valence-electron chi connectivity index (χ0n) is 23.2. The summed E-state index contributed by atoms with van der Waals surface area (Å²) in [5, 5.41) is 6.23. The number of fused-ring (bicyclic) bond motifs is 1. The molecule has 0 spiro atoms. The van der Waals surface area contributed by atoms with Gasteiger partial charge in [-0.2, -0.15) is 0 Å². The quantitative estimate of drug-likeness (QED) is 0.540. The van der Waals surface area contributed by atoms with Crippen molar-refractivity contribution >= 4 is 24.7 Å². The molecule has 8 atom stereocenters. The lowest BCUT2D eigenvalue weighted by Gasteiger charge is -2.63. The first-order chi connectivity index (χ1) is 16.6. The van der Waals surface area contributed by atoms with Crippen LogP contribution in [-0.2, 0) is 23.7 Å². The molecule has 2 amide bonds. The zero-order valence-corrected chi connectivity index (χ0v) is 23.2. The van der Waals surface area contributed by atoms with Crippen LogP contribution in [0.1, 0.15) is 93.4 Å². The molecule has 0 radical (unpaired) electrons. The van der Waals surface area contributed by atoms with Crippen LogP contribution in [0.3, 0.4) is 0 Å². The molecule has 1 aliphatic heterocycles. The van der Waals surface area contributed by atoms with Crippen LogP contribution in [0, 0.1) is 35.0 Å². The monoisotopic (exact) mass is 500 g/mol. The average molecular weight is 500 g/mol. The van der Waals surface area contributed by atoms with E-state index in [2.05, 4.69) is 31.4 Å². The summed E-state index contributed by atoms with van der Waals surface area (Å²) in [4.78, 5) is 38.4. The molecule has 6 aliphatic rings. The summed E-state index contributed by atoms with van der Waals surface area (Å²) in [6.45, 7) is 14.3. The van der Waals surface area contributed by atoms with E-state index in [1.165, 1.54) is 13.3 Å². The number of Topliss-reactive ketones (excluding diaryl/α,β-unsaturated/α-hetero) is 1. The van der Waals surface area contributed by atoms with Crippen LogP contribution >= 0.6 is 0 Å². The molecule has 0 aromatic heterocycles. The third-order valence-electron chi connectivity index (χ3n) is 10.4. The highest BCUT2D eigenvalue weighted by Gasteiger charge is 2.66. The van der Waals surface area contributed by atoms with Crippen LogP contribution < -0.4 is 10.6 Å². The van der Waals surface area contributed by atoms with Crippen LogP contribution in [0.4, 0.5) is 0 Å². The summed E-state index contributed by atoms with van der Waals surface area (Å²) >= 11 is 0. The van der Waals surface area contributed by atoms with Crippen molar-refractivity contribution in [2.45, 2.75) is 123 Å². The fourth-order valence-corrected chi connectivity index (χ4v) is 8.69. The van der Waals surface area contributed by atoms with Crippen molar-refractivity contribution in [2.75, 3.05) is 0 Å². The molecule has 36 heavy (non-hydrogen) atoms. The van der Waals surface area contributed by atoms with Gasteiger partial charge in [-0.05, 0) is 94.7 Å². The van der Waals surface area contributed by atoms with Gasteiger partial charge in [0.05, 0.1) is 11.7 Å². The van der Waals surface area contributed by atoms with Gasteiger partial charge in [-0.25, -0.2) is 0 Å². The van der Waals surface area contributed by atoms with Crippen molar-refractivity contribution in [3.8, 4) is 0 Å². The van der Waals surface area contributed by atoms with Crippen molar-refractivity contribution < 1.29 is 23.7 Å². The molecule has 2 N–H and O–H groups in total. The lowest BCUT2D eigenvalue weighted by molar-refractivity contribution is -0.185. The second-order valence-corrected chi connectivity index (χ2v) is 14.5. The summed E-state index contributed by atoms with van der Waals surface area (Å²) in [7, 11) is -0.226. The van der Waals surface area contributed by atoms with Gasteiger partial charge >= 0.3 is 7.12 Å². The Labute approximate surface area is 216 Å². The number of hydrogen-bond acceptors (Lipinski definition) is 5. The summed E-state index contributed by atoms with van der Waals surface area (Å²) in [5.41, 5.74) is -1.25. The highest BCUT2D eigenvalue weighted by molar-refractivity contribution is 6.45. The minimum Gasteiger partial charge on any atom is -0.405 e. The standard InChI is InChI=1S/C28H45BN2O5/c1-16(32)30-28(24(34)31-25(2,3)4)14-17-11-19(33)13-20(17)21(28)9-8-10-29-35-23-22-12-18(26(22,5)6)15-27(23,7)36-29/h17-18,20-23H,8-15H2,1-7H3,(H,30,32)(H,31,34)/t17-,18+,20-,21+,22-,23+,27-,28+/m1/s1. The van der Waals surface area contributed by atoms with Crippen molar-refractivity contribution in [3.05, 3.63) is 0 Å². The normalized spacial score (nSPS) is 42.5. The molecule has 200 valence electrons. The third kappa shape index (κ3) is 4.24. The molecule has 5 saturated carbocycles. The zero-order chi connectivity index (χ0) is 26.3. The summed E-state index contributed by atoms with van der Waals surface area (Å²) < 4.78 is 13.0. The highest BCUT2D eigenvalue weighted by atomic mass is 16.7. The Hall–Kier alpha value is -1.41. The molecule has 1 heterocycles. The van der Waals surface area contributed by atoms with E-state index >= 15 is 0 Å². The number of hydrogen-bond donors (Lipinski definition) is 2. The molecule has 6 fully saturated rings. The molecule has 1 saturated heterocycles. The van der Waals surface area contributed by atoms with Crippen molar-refractivity contribution in [3.63, 3.8) is 0 Å². The van der Waals surface area contributed by atoms with E-state index in [1.54, 1.807) is 0 Å². The van der Waals surface area contributed by atoms with Gasteiger partial charge in [-0.3, -0.25) is 14.4 Å². The van der Waals surface area contributed by atoms with E-state index in [1.807, 2.05) is 20.8 Å². The van der Waals surface area contributed by atoms with E-state index in [0.717, 1.165) is 25.6 Å². The third-order valence-corrected chi connectivity index (χ3v) is 10.4. The van der Waals surface area contributed by atoms with Crippen molar-refractivity contribution in [2.24, 2.45) is 35.0 Å². The van der Waals surface area contributed by atoms with E-state index < -0.39 is 11.1 Å². The Balaban J connectivity index is 1.30. The smallest absolute Gasteiger partial charge is 0.405 e. The van der Waals surface area contributed by atoms with Gasteiger partial charge in [0.25, 0.3) is 0 Å². The van der Waals surface area contributed by atoms with Gasteiger partial charge in [-0.1, -0.05) is 20.3 Å². The van der Waals surface area contributed by atoms with Crippen LogP contribution in [0.2, 0.25) is 6.32 Å². The Kier molecular flexibility index (Phi) is 6.23. The first kappa shape index (κ1) is 26.2. The number of carbonyl (C=O) groups excluding carboxylic acids is 3. The second kappa shape index (κ2) is 8.55. The van der Waals surface area contributed by atoms with Gasteiger partial charge in [0.1, 0.15) is 11.3 Å². The first-order valence-corrected chi connectivity index (χ1v) is 14.1. The summed E-state index contributed by atoms with van der Waals surface area (Å²) in [6, 6.07) is 0. The Morgan fingerprint density at radius 1 is 1.14 bits per heavy atom. The largest absolute Gasteiger partial charge is 0.457 e. The maximum Gasteiger partial charge on any atom is 0.457 e. The van der Waals surface area contributed by atoms with Gasteiger partial charge in [0.2, 0.25) is 11.8 Å². The molecule has 5 aliphatic carbocycles. The van der Waals surface area contributed by atoms with Gasteiger partial charge < -0.3 is 19.9 Å². The summed E-state index contributed by atoms with van der Waals surface area (Å²) in [5.74, 6) is 1.43. The number of amides is 2. The first-order valence-electron chi connectivity index (χ1n) is 14.1. The average Bonchev–Trinajstić information content (AvgIpc) is 3.34. The lowest BCUT2D eigenvalue weighted by atomic mass is 9.45. The molecule has 8 heteroatoms. The fourth-order valence-electron chi connectivity index (χ4n) is 8.69. The van der Waals surface area contributed by atoms with Gasteiger partial charge in [0.15, 0.2) is 0 Å².